The lowest BCUT2D eigenvalue weighted by Gasteiger charge is -2.37. The summed E-state index contributed by atoms with van der Waals surface area (Å²) in [6.07, 6.45) is 0. The first-order valence-electron chi connectivity index (χ1n) is 9.64. The molecule has 3 aromatic carbocycles. The zero-order chi connectivity index (χ0) is 22.6. The summed E-state index contributed by atoms with van der Waals surface area (Å²) in [5.74, 6) is -1.34. The normalized spacial score (nSPS) is 18.8. The first-order valence-corrected chi connectivity index (χ1v) is 10.6. The van der Waals surface area contributed by atoms with Crippen LogP contribution in [0.4, 0.5) is 0 Å². The van der Waals surface area contributed by atoms with E-state index in [1.54, 1.807) is 30.3 Å². The topological polar surface area (TPSA) is 139 Å². The molecule has 2 aliphatic heterocycles. The van der Waals surface area contributed by atoms with Crippen LogP contribution in [-0.2, 0) is 15.1 Å². The number of carbonyl (C=O) groups is 2. The Hall–Kier alpha value is -3.69. The van der Waals surface area contributed by atoms with Crippen molar-refractivity contribution in [2.75, 3.05) is 5.75 Å². The molecule has 2 heterocycles. The Bertz CT molecular complexity index is 1290. The molecule has 0 saturated carbocycles. The Morgan fingerprint density at radius 3 is 2.56 bits per heavy atom. The fourth-order valence-corrected chi connectivity index (χ4v) is 5.20. The maximum atomic E-state index is 12.9. The average Bonchev–Trinajstić information content (AvgIpc) is 3.04. The first-order chi connectivity index (χ1) is 15.3. The summed E-state index contributed by atoms with van der Waals surface area (Å²) < 4.78 is 12.0. The van der Waals surface area contributed by atoms with Gasteiger partial charge < -0.3 is 30.5 Å². The highest BCUT2D eigenvalue weighted by Crippen LogP contribution is 2.59. The van der Waals surface area contributed by atoms with Crippen LogP contribution in [0.15, 0.2) is 59.5 Å². The van der Waals surface area contributed by atoms with E-state index >= 15 is 0 Å². The molecule has 32 heavy (non-hydrogen) atoms. The molecule has 162 valence electrons. The number of aliphatic carboxylic acids is 1. The van der Waals surface area contributed by atoms with E-state index in [1.165, 1.54) is 24.3 Å². The largest absolute Gasteiger partial charge is 0.508 e. The summed E-state index contributed by atoms with van der Waals surface area (Å²) in [7, 11) is 0. The van der Waals surface area contributed by atoms with E-state index in [-0.39, 0.29) is 28.8 Å². The van der Waals surface area contributed by atoms with E-state index in [2.05, 4.69) is 0 Å². The lowest BCUT2D eigenvalue weighted by atomic mass is 9.77. The third kappa shape index (κ3) is 2.89. The summed E-state index contributed by atoms with van der Waals surface area (Å²) in [6, 6.07) is 13.2. The van der Waals surface area contributed by atoms with Crippen molar-refractivity contribution in [1.29, 1.82) is 0 Å². The number of aromatic hydroxyl groups is 2. The van der Waals surface area contributed by atoms with E-state index in [0.717, 1.165) is 11.8 Å². The van der Waals surface area contributed by atoms with Gasteiger partial charge in [-0.25, -0.2) is 4.79 Å². The standard InChI is InChI=1S/C23H17NO7S/c24-16(21(27)28)10-32-19-9-12(26)8-18-20(19)23(15-6-5-11(25)7-17(15)30-18)14-4-2-1-3-13(14)22(29)31-23/h1-9,16,25-26H,10,24H2,(H,27,28). The third-order valence-corrected chi connectivity index (χ3v) is 6.63. The lowest BCUT2D eigenvalue weighted by Crippen LogP contribution is -2.34. The second-order valence-corrected chi connectivity index (χ2v) is 8.53. The molecule has 5 N–H and O–H groups in total. The van der Waals surface area contributed by atoms with E-state index in [1.807, 2.05) is 0 Å². The van der Waals surface area contributed by atoms with Gasteiger partial charge in [-0.05, 0) is 24.3 Å². The summed E-state index contributed by atoms with van der Waals surface area (Å²) in [5.41, 5.74) is 6.19. The van der Waals surface area contributed by atoms with Gasteiger partial charge in [-0.3, -0.25) is 4.79 Å². The molecule has 2 atom stereocenters. The zero-order valence-electron chi connectivity index (χ0n) is 16.4. The number of ether oxygens (including phenoxy) is 2. The highest BCUT2D eigenvalue weighted by atomic mass is 32.2. The first kappa shape index (κ1) is 20.2. The van der Waals surface area contributed by atoms with Crippen LogP contribution in [0.5, 0.6) is 23.0 Å². The number of phenols is 2. The van der Waals surface area contributed by atoms with Gasteiger partial charge in [-0.1, -0.05) is 18.2 Å². The van der Waals surface area contributed by atoms with Crippen LogP contribution in [0.1, 0.15) is 27.0 Å². The Kier molecular flexibility index (Phi) is 4.54. The smallest absolute Gasteiger partial charge is 0.340 e. The van der Waals surface area contributed by atoms with Crippen LogP contribution in [0, 0.1) is 0 Å². The number of nitrogens with two attached hydrogens (primary N) is 1. The van der Waals surface area contributed by atoms with E-state index in [0.29, 0.717) is 27.1 Å². The van der Waals surface area contributed by atoms with Gasteiger partial charge in [-0.15, -0.1) is 11.8 Å². The third-order valence-electron chi connectivity index (χ3n) is 5.47. The Morgan fingerprint density at radius 2 is 1.78 bits per heavy atom. The van der Waals surface area contributed by atoms with Crippen molar-refractivity contribution in [1.82, 2.24) is 0 Å². The van der Waals surface area contributed by atoms with Crippen LogP contribution in [0.3, 0.4) is 0 Å². The molecule has 2 aliphatic rings. The van der Waals surface area contributed by atoms with E-state index in [4.69, 9.17) is 15.2 Å². The number of carboxylic acids is 1. The van der Waals surface area contributed by atoms with Gasteiger partial charge in [0.15, 0.2) is 5.60 Å². The van der Waals surface area contributed by atoms with Crippen LogP contribution in [0.25, 0.3) is 0 Å². The second-order valence-electron chi connectivity index (χ2n) is 7.47. The highest BCUT2D eigenvalue weighted by Gasteiger charge is 2.54. The Morgan fingerprint density at radius 1 is 1.03 bits per heavy atom. The van der Waals surface area contributed by atoms with Gasteiger partial charge in [0, 0.05) is 33.9 Å². The second kappa shape index (κ2) is 7.18. The van der Waals surface area contributed by atoms with Crippen molar-refractivity contribution in [2.45, 2.75) is 16.5 Å². The maximum Gasteiger partial charge on any atom is 0.340 e. The van der Waals surface area contributed by atoms with Crippen LogP contribution >= 0.6 is 11.8 Å². The fraction of sp³-hybridized carbons (Fsp3) is 0.130. The zero-order valence-corrected chi connectivity index (χ0v) is 17.3. The number of carbonyl (C=O) groups excluding carboxylic acids is 1. The number of hydrogen-bond acceptors (Lipinski definition) is 8. The molecule has 3 aromatic rings. The number of rotatable bonds is 4. The monoisotopic (exact) mass is 451 g/mol. The molecule has 0 fully saturated rings. The molecule has 0 aromatic heterocycles. The van der Waals surface area contributed by atoms with Crippen molar-refractivity contribution in [2.24, 2.45) is 5.73 Å². The number of hydrogen-bond donors (Lipinski definition) is 4. The number of phenolic OH excluding ortho intramolecular Hbond substituents is 2. The van der Waals surface area contributed by atoms with Gasteiger partial charge in [0.1, 0.15) is 29.0 Å². The molecule has 0 bridgehead atoms. The van der Waals surface area contributed by atoms with Crippen molar-refractivity contribution in [3.8, 4) is 23.0 Å². The fourth-order valence-electron chi connectivity index (χ4n) is 4.11. The Balaban J connectivity index is 1.79. The van der Waals surface area contributed by atoms with Crippen molar-refractivity contribution >= 4 is 23.7 Å². The summed E-state index contributed by atoms with van der Waals surface area (Å²) in [6.45, 7) is 0. The van der Waals surface area contributed by atoms with Crippen molar-refractivity contribution < 1.29 is 34.4 Å². The number of fused-ring (bicyclic) bond motifs is 6. The minimum Gasteiger partial charge on any atom is -0.508 e. The summed E-state index contributed by atoms with van der Waals surface area (Å²) >= 11 is 1.11. The minimum absolute atomic E-state index is 0.0132. The van der Waals surface area contributed by atoms with Crippen molar-refractivity contribution in [3.63, 3.8) is 0 Å². The van der Waals surface area contributed by atoms with Gasteiger partial charge >= 0.3 is 11.9 Å². The van der Waals surface area contributed by atoms with Gasteiger partial charge in [0.2, 0.25) is 0 Å². The van der Waals surface area contributed by atoms with Gasteiger partial charge in [-0.2, -0.15) is 0 Å². The van der Waals surface area contributed by atoms with Crippen LogP contribution in [-0.4, -0.2) is 39.1 Å². The predicted octanol–water partition coefficient (Wildman–Crippen LogP) is 3.17. The number of esters is 1. The molecule has 1 spiro atoms. The van der Waals surface area contributed by atoms with E-state index in [9.17, 15) is 24.9 Å². The van der Waals surface area contributed by atoms with E-state index < -0.39 is 23.6 Å². The molecule has 0 aliphatic carbocycles. The molecule has 0 radical (unpaired) electrons. The lowest BCUT2D eigenvalue weighted by molar-refractivity contribution is -0.137. The summed E-state index contributed by atoms with van der Waals surface area (Å²) in [5, 5.41) is 29.5. The summed E-state index contributed by atoms with van der Waals surface area (Å²) in [4.78, 5) is 24.6. The maximum absolute atomic E-state index is 12.9. The van der Waals surface area contributed by atoms with Crippen molar-refractivity contribution in [3.05, 3.63) is 76.9 Å². The van der Waals surface area contributed by atoms with Crippen LogP contribution in [0.2, 0.25) is 0 Å². The van der Waals surface area contributed by atoms with Gasteiger partial charge in [0.25, 0.3) is 0 Å². The number of benzene rings is 3. The average molecular weight is 451 g/mol. The molecule has 0 amide bonds. The SMILES string of the molecule is NC(CSc1cc(O)cc2c1C1(OC(=O)c3ccccc31)c1ccc(O)cc1O2)C(=O)O. The molecule has 8 nitrogen and oxygen atoms in total. The molecule has 5 rings (SSSR count). The number of carboxylic acid groups (broad SMARTS) is 1. The molecular weight excluding hydrogens is 434 g/mol. The van der Waals surface area contributed by atoms with Crippen LogP contribution < -0.4 is 10.5 Å². The Labute approximate surface area is 186 Å². The quantitative estimate of drug-likeness (QED) is 0.348. The number of thioether (sulfide) groups is 1. The highest BCUT2D eigenvalue weighted by molar-refractivity contribution is 7.99. The van der Waals surface area contributed by atoms with Gasteiger partial charge in [0.05, 0.1) is 11.1 Å². The predicted molar refractivity (Wildman–Crippen MR) is 114 cm³/mol. The molecular formula is C23H17NO7S. The molecule has 2 unspecified atom stereocenters. The molecule has 0 saturated heterocycles. The molecule has 9 heteroatoms. The minimum atomic E-state index is -1.41.